The third kappa shape index (κ3) is 36.9. The minimum atomic E-state index is 0.470. The maximum Gasteiger partial charge on any atom is -0.00499 e. The van der Waals surface area contributed by atoms with E-state index in [0.717, 1.165) is 73.0 Å². The number of fused-ring (bicyclic) bond motifs is 5. The van der Waals surface area contributed by atoms with Crippen LogP contribution in [0, 0.1) is 53.3 Å². The Morgan fingerprint density at radius 3 is 1.01 bits per heavy atom. The first-order valence-corrected chi connectivity index (χ1v) is 44.1. The van der Waals surface area contributed by atoms with Crippen molar-refractivity contribution in [3.05, 3.63) is 397 Å². The molecule has 0 radical (unpaired) electrons. The molecular formula is C113H150. The Kier molecular flexibility index (Phi) is 48.0. The van der Waals surface area contributed by atoms with Crippen molar-refractivity contribution in [3.63, 3.8) is 0 Å². The summed E-state index contributed by atoms with van der Waals surface area (Å²) in [5, 5.41) is 0. The molecule has 0 amide bonds. The van der Waals surface area contributed by atoms with Gasteiger partial charge in [-0.05, 0) is 222 Å². The zero-order chi connectivity index (χ0) is 81.6. The van der Waals surface area contributed by atoms with E-state index in [4.69, 9.17) is 0 Å². The van der Waals surface area contributed by atoms with Crippen LogP contribution in [-0.4, -0.2) is 0 Å². The van der Waals surface area contributed by atoms with Gasteiger partial charge in [0.25, 0.3) is 0 Å². The summed E-state index contributed by atoms with van der Waals surface area (Å²) in [7, 11) is 0. The summed E-state index contributed by atoms with van der Waals surface area (Å²) >= 11 is 0. The van der Waals surface area contributed by atoms with Gasteiger partial charge in [-0.3, -0.25) is 0 Å². The first-order chi connectivity index (χ1) is 55.0. The van der Waals surface area contributed by atoms with Gasteiger partial charge in [0.2, 0.25) is 0 Å². The lowest BCUT2D eigenvalue weighted by Gasteiger charge is -2.28. The van der Waals surface area contributed by atoms with Crippen molar-refractivity contribution < 1.29 is 0 Å². The van der Waals surface area contributed by atoms with Gasteiger partial charge in [0.1, 0.15) is 0 Å². The minimum Gasteiger partial charge on any atom is -0.0985 e. The molecule has 0 spiro atoms. The molecule has 0 aliphatic heterocycles. The van der Waals surface area contributed by atoms with Gasteiger partial charge in [0.15, 0.2) is 0 Å². The number of benzene rings is 8. The molecule has 11 atom stereocenters. The standard InChI is InChI=1S/C28H32.C23H32.C17H20.C14H20.C8H8.C7H10.2C5H6.2C3H8/c1-22(2)19-27(25-15-9-5-10-16-25)21-28(26-17-11-6-12-18-26)20-23(3)24-13-7-4-8-14-24;1-18(2)15-22(20-11-7-5-8-12-20)17-23(16-19(3)4)21-13-9-6-10-14-21;1-14(16-9-5-3-6-10-16)13-15(2)17-11-7-4-8-12-17;1-3-9-5-6-12-13-8-11(14(9)12)7-10(13)4-2;1-2-8-6-4-3-5-7-8;1-2-7-5-3-4-6-7;2*1-2-4-5-3-1;2*1-3-2/h4-18,22,27-28H,3,19-21H2,1-2H3;5-14,18-19,22-23H,15-17H2,1-4H3;3-12,14-15H,13H2,1-2H3;5-7,9,11-14H,3-4,8H2,1-2H3;2-7H,1H2;3-7H,2H2,1H3;2*1-4H,5H2;2*3H2,1-2H3. The number of rotatable bonds is 25. The molecule has 0 heteroatoms. The summed E-state index contributed by atoms with van der Waals surface area (Å²) in [5.74, 6) is 11.1. The molecule has 0 aromatic heterocycles. The van der Waals surface area contributed by atoms with E-state index in [1.165, 1.54) is 121 Å². The highest BCUT2D eigenvalue weighted by molar-refractivity contribution is 5.64. The second-order valence-electron chi connectivity index (χ2n) is 33.1. The average Bonchev–Trinajstić information content (AvgIpc) is 1.58. The van der Waals surface area contributed by atoms with E-state index in [2.05, 4.69) is 420 Å². The highest BCUT2D eigenvalue weighted by Crippen LogP contribution is 2.58. The minimum absolute atomic E-state index is 0.470. The van der Waals surface area contributed by atoms with Crippen LogP contribution in [0.3, 0.4) is 0 Å². The van der Waals surface area contributed by atoms with Crippen LogP contribution in [-0.2, 0) is 0 Å². The van der Waals surface area contributed by atoms with Gasteiger partial charge in [0.05, 0.1) is 0 Å². The molecule has 0 saturated heterocycles. The van der Waals surface area contributed by atoms with Crippen molar-refractivity contribution in [2.24, 2.45) is 53.3 Å². The molecule has 6 aliphatic carbocycles. The molecular weight excluding hydrogens is 1360 g/mol. The molecule has 8 aromatic carbocycles. The van der Waals surface area contributed by atoms with E-state index in [9.17, 15) is 0 Å². The molecule has 14 rings (SSSR count). The fraction of sp³-hybridized carbons (Fsp3) is 0.398. The fourth-order valence-corrected chi connectivity index (χ4v) is 16.5. The first kappa shape index (κ1) is 94.8. The van der Waals surface area contributed by atoms with Crippen LogP contribution in [0.2, 0.25) is 0 Å². The second kappa shape index (κ2) is 57.2. The number of hydrogen-bond donors (Lipinski definition) is 0. The predicted octanol–water partition coefficient (Wildman–Crippen LogP) is 34.2. The third-order valence-electron chi connectivity index (χ3n) is 22.0. The van der Waals surface area contributed by atoms with Crippen molar-refractivity contribution >= 4 is 11.6 Å². The SMILES string of the molecule is C1=CCC=C1.C1=CCC=C1.C=C(CC(CC(CC(C)C)c1ccccc1)c1ccccc1)c1ccccc1.C=Cc1ccccc1.CC(C)CC(CC(CC(C)C)c1ccccc1)c1ccccc1.CC(CC(C)c1ccccc1)c1ccccc1.CCC.CCC.CCC1=CC2CC1C1C=CC(CC)C21.CCC1C=CC=C1. The summed E-state index contributed by atoms with van der Waals surface area (Å²) in [4.78, 5) is 0. The Bertz CT molecular complexity index is 3780. The Morgan fingerprint density at radius 2 is 0.708 bits per heavy atom. The quantitative estimate of drug-likeness (QED) is 0.0500. The van der Waals surface area contributed by atoms with Crippen molar-refractivity contribution in [2.75, 3.05) is 0 Å². The Hall–Kier alpha value is -8.84. The van der Waals surface area contributed by atoms with Gasteiger partial charge in [0, 0.05) is 0 Å². The zero-order valence-electron chi connectivity index (χ0n) is 73.0. The van der Waals surface area contributed by atoms with Gasteiger partial charge in [-0.2, -0.15) is 0 Å². The van der Waals surface area contributed by atoms with E-state index in [0.29, 0.717) is 41.4 Å². The average molecular weight is 1510 g/mol. The Labute approximate surface area is 693 Å². The maximum absolute atomic E-state index is 4.43. The van der Waals surface area contributed by atoms with Crippen molar-refractivity contribution in [1.29, 1.82) is 0 Å². The van der Waals surface area contributed by atoms with Crippen molar-refractivity contribution in [2.45, 2.75) is 236 Å². The topological polar surface area (TPSA) is 0 Å². The summed E-state index contributed by atoms with van der Waals surface area (Å²) in [6.07, 6.45) is 53.3. The van der Waals surface area contributed by atoms with Crippen LogP contribution in [0.4, 0.5) is 0 Å². The normalized spacial score (nSPS) is 18.0. The van der Waals surface area contributed by atoms with Gasteiger partial charge >= 0.3 is 0 Å². The predicted molar refractivity (Wildman–Crippen MR) is 505 cm³/mol. The number of hydrogen-bond acceptors (Lipinski definition) is 0. The van der Waals surface area contributed by atoms with Crippen LogP contribution >= 0.6 is 0 Å². The maximum atomic E-state index is 4.43. The molecule has 2 bridgehead atoms. The lowest BCUT2D eigenvalue weighted by molar-refractivity contribution is 0.297. The van der Waals surface area contributed by atoms with E-state index < -0.39 is 0 Å². The van der Waals surface area contributed by atoms with Crippen LogP contribution in [0.1, 0.15) is 280 Å². The van der Waals surface area contributed by atoms with Gasteiger partial charge < -0.3 is 0 Å². The van der Waals surface area contributed by atoms with Crippen LogP contribution < -0.4 is 0 Å². The number of allylic oxidation sites excluding steroid dienone is 17. The van der Waals surface area contributed by atoms with E-state index >= 15 is 0 Å². The molecule has 113 heavy (non-hydrogen) atoms. The molecule has 1 fully saturated rings. The lowest BCUT2D eigenvalue weighted by atomic mass is 9.76. The van der Waals surface area contributed by atoms with Crippen molar-refractivity contribution in [3.8, 4) is 0 Å². The highest BCUT2D eigenvalue weighted by Gasteiger charge is 2.50. The summed E-state index contributed by atoms with van der Waals surface area (Å²) < 4.78 is 0. The van der Waals surface area contributed by atoms with Gasteiger partial charge in [-0.1, -0.05) is 475 Å². The molecule has 6 aliphatic rings. The Balaban J connectivity index is 0.000000242. The van der Waals surface area contributed by atoms with E-state index in [1.54, 1.807) is 5.57 Å². The second-order valence-corrected chi connectivity index (χ2v) is 33.1. The van der Waals surface area contributed by atoms with Crippen LogP contribution in [0.15, 0.2) is 353 Å². The Morgan fingerprint density at radius 1 is 0.372 bits per heavy atom. The lowest BCUT2D eigenvalue weighted by Crippen LogP contribution is -2.21. The molecule has 0 nitrogen and oxygen atoms in total. The van der Waals surface area contributed by atoms with E-state index in [-0.39, 0.29) is 0 Å². The summed E-state index contributed by atoms with van der Waals surface area (Å²) in [6.45, 7) is 42.1. The molecule has 1 saturated carbocycles. The fourth-order valence-electron chi connectivity index (χ4n) is 16.5. The third-order valence-corrected chi connectivity index (χ3v) is 22.0. The van der Waals surface area contributed by atoms with Crippen LogP contribution in [0.5, 0.6) is 0 Å². The summed E-state index contributed by atoms with van der Waals surface area (Å²) in [6, 6.07) is 86.4. The van der Waals surface area contributed by atoms with Gasteiger partial charge in [-0.15, -0.1) is 0 Å². The van der Waals surface area contributed by atoms with Crippen molar-refractivity contribution in [1.82, 2.24) is 0 Å². The zero-order valence-corrected chi connectivity index (χ0v) is 73.0. The monoisotopic (exact) mass is 1510 g/mol. The highest BCUT2D eigenvalue weighted by atomic mass is 14.5. The smallest absolute Gasteiger partial charge is 0.00499 e. The van der Waals surface area contributed by atoms with Crippen LogP contribution in [0.25, 0.3) is 11.6 Å². The molecule has 602 valence electrons. The summed E-state index contributed by atoms with van der Waals surface area (Å²) in [5.41, 5.74) is 14.2. The molecule has 0 heterocycles. The van der Waals surface area contributed by atoms with E-state index in [1.807, 2.05) is 36.4 Å². The first-order valence-electron chi connectivity index (χ1n) is 44.1. The molecule has 8 aromatic rings. The molecule has 11 unspecified atom stereocenters. The molecule has 0 N–H and O–H groups in total. The van der Waals surface area contributed by atoms with Gasteiger partial charge in [-0.25, -0.2) is 0 Å². The largest absolute Gasteiger partial charge is 0.0985 e.